The van der Waals surface area contributed by atoms with E-state index >= 15 is 0 Å². The zero-order valence-corrected chi connectivity index (χ0v) is 13.6. The lowest BCUT2D eigenvalue weighted by Gasteiger charge is -2.18. The number of rotatable bonds is 8. The van der Waals surface area contributed by atoms with Gasteiger partial charge >= 0.3 is 0 Å². The number of unbranched alkanes of at least 4 members (excludes halogenated alkanes) is 1. The summed E-state index contributed by atoms with van der Waals surface area (Å²) in [7, 11) is 0. The van der Waals surface area contributed by atoms with E-state index in [4.69, 9.17) is 5.73 Å². The van der Waals surface area contributed by atoms with Crippen LogP contribution in [0.4, 0.5) is 0 Å². The Balaban J connectivity index is 2.01. The van der Waals surface area contributed by atoms with E-state index in [0.717, 1.165) is 24.8 Å². The fourth-order valence-electron chi connectivity index (χ4n) is 2.22. The van der Waals surface area contributed by atoms with Crippen molar-refractivity contribution in [3.05, 3.63) is 30.3 Å². The maximum absolute atomic E-state index is 12.3. The number of carbonyl (C=O) groups excluding carboxylic acids is 1. The zero-order chi connectivity index (χ0) is 16.7. The van der Waals surface area contributed by atoms with E-state index in [1.54, 1.807) is 6.92 Å². The average Bonchev–Trinajstić information content (AvgIpc) is 3.08. The molecule has 0 radical (unpaired) electrons. The summed E-state index contributed by atoms with van der Waals surface area (Å²) < 4.78 is 0. The van der Waals surface area contributed by atoms with Crippen molar-refractivity contribution >= 4 is 5.91 Å². The highest BCUT2D eigenvalue weighted by Gasteiger charge is 2.21. The number of nitrogens with zero attached hydrogens (tertiary/aromatic N) is 4. The number of nitrogens with one attached hydrogen (secondary N) is 1. The largest absolute Gasteiger partial charge is 0.350 e. The van der Waals surface area contributed by atoms with E-state index in [1.165, 1.54) is 4.80 Å². The van der Waals surface area contributed by atoms with Gasteiger partial charge in [0.2, 0.25) is 11.7 Å². The van der Waals surface area contributed by atoms with E-state index in [9.17, 15) is 4.79 Å². The molecule has 2 atom stereocenters. The van der Waals surface area contributed by atoms with E-state index in [2.05, 4.69) is 27.7 Å². The molecule has 0 aliphatic rings. The van der Waals surface area contributed by atoms with Gasteiger partial charge in [0.25, 0.3) is 0 Å². The minimum atomic E-state index is -0.532. The number of amides is 1. The molecular formula is C16H24N6O. The number of benzene rings is 1. The third kappa shape index (κ3) is 4.59. The van der Waals surface area contributed by atoms with Crippen LogP contribution in [0.3, 0.4) is 0 Å². The van der Waals surface area contributed by atoms with Crippen molar-refractivity contribution in [1.29, 1.82) is 0 Å². The van der Waals surface area contributed by atoms with Crippen molar-refractivity contribution in [1.82, 2.24) is 25.5 Å². The van der Waals surface area contributed by atoms with Crippen molar-refractivity contribution in [2.75, 3.05) is 6.54 Å². The number of carbonyl (C=O) groups is 1. The molecule has 7 heteroatoms. The van der Waals surface area contributed by atoms with Gasteiger partial charge in [-0.15, -0.1) is 10.2 Å². The smallest absolute Gasteiger partial charge is 0.246 e. The van der Waals surface area contributed by atoms with E-state index < -0.39 is 6.04 Å². The van der Waals surface area contributed by atoms with Crippen molar-refractivity contribution < 1.29 is 4.79 Å². The van der Waals surface area contributed by atoms with Crippen molar-refractivity contribution in [3.63, 3.8) is 0 Å². The first-order chi connectivity index (χ1) is 11.2. The van der Waals surface area contributed by atoms with Crippen LogP contribution in [-0.4, -0.2) is 38.7 Å². The molecular weight excluding hydrogens is 292 g/mol. The van der Waals surface area contributed by atoms with Crippen LogP contribution in [-0.2, 0) is 4.79 Å². The maximum atomic E-state index is 12.3. The van der Waals surface area contributed by atoms with Gasteiger partial charge in [-0.2, -0.15) is 4.80 Å². The molecule has 0 saturated carbocycles. The summed E-state index contributed by atoms with van der Waals surface area (Å²) in [6.07, 6.45) is 2.99. The predicted octanol–water partition coefficient (Wildman–Crippen LogP) is 1.53. The number of tetrazole rings is 1. The van der Waals surface area contributed by atoms with Crippen LogP contribution >= 0.6 is 0 Å². The maximum Gasteiger partial charge on any atom is 0.246 e. The Morgan fingerprint density at radius 1 is 1.35 bits per heavy atom. The predicted molar refractivity (Wildman–Crippen MR) is 88.5 cm³/mol. The summed E-state index contributed by atoms with van der Waals surface area (Å²) >= 11 is 0. The molecule has 2 unspecified atom stereocenters. The topological polar surface area (TPSA) is 98.7 Å². The second-order valence-corrected chi connectivity index (χ2v) is 5.56. The van der Waals surface area contributed by atoms with Gasteiger partial charge < -0.3 is 11.1 Å². The molecule has 124 valence electrons. The molecule has 0 bridgehead atoms. The molecule has 1 aromatic carbocycles. The fraction of sp³-hybridized carbons (Fsp3) is 0.500. The summed E-state index contributed by atoms with van der Waals surface area (Å²) in [5, 5.41) is 15.3. The normalized spacial score (nSPS) is 13.5. The Kier molecular flexibility index (Phi) is 6.22. The first kappa shape index (κ1) is 17.1. The van der Waals surface area contributed by atoms with Crippen LogP contribution < -0.4 is 11.1 Å². The molecule has 23 heavy (non-hydrogen) atoms. The highest BCUT2D eigenvalue weighted by molar-refractivity contribution is 5.80. The van der Waals surface area contributed by atoms with Gasteiger partial charge in [0.1, 0.15) is 6.04 Å². The van der Waals surface area contributed by atoms with Crippen LogP contribution in [0.2, 0.25) is 0 Å². The van der Waals surface area contributed by atoms with Crippen molar-refractivity contribution in [2.24, 2.45) is 5.73 Å². The molecule has 0 aliphatic carbocycles. The number of hydrogen-bond donors (Lipinski definition) is 2. The Bertz CT molecular complexity index is 612. The van der Waals surface area contributed by atoms with Gasteiger partial charge in [-0.3, -0.25) is 4.79 Å². The Morgan fingerprint density at radius 2 is 2.09 bits per heavy atom. The summed E-state index contributed by atoms with van der Waals surface area (Å²) in [6.45, 7) is 4.29. The Labute approximate surface area is 136 Å². The van der Waals surface area contributed by atoms with E-state index in [1.807, 2.05) is 30.3 Å². The van der Waals surface area contributed by atoms with Gasteiger partial charge in [0, 0.05) is 18.2 Å². The lowest BCUT2D eigenvalue weighted by Crippen LogP contribution is -2.43. The molecule has 2 rings (SSSR count). The zero-order valence-electron chi connectivity index (χ0n) is 13.6. The molecule has 0 spiro atoms. The molecule has 1 amide bonds. The summed E-state index contributed by atoms with van der Waals surface area (Å²) in [6, 6.07) is 9.01. The van der Waals surface area contributed by atoms with E-state index in [-0.39, 0.29) is 11.9 Å². The quantitative estimate of drug-likeness (QED) is 0.769. The molecule has 1 heterocycles. The lowest BCUT2D eigenvalue weighted by molar-refractivity contribution is -0.125. The van der Waals surface area contributed by atoms with E-state index in [0.29, 0.717) is 12.4 Å². The second kappa shape index (κ2) is 8.38. The molecule has 0 fully saturated rings. The third-order valence-corrected chi connectivity index (χ3v) is 3.72. The van der Waals surface area contributed by atoms with Gasteiger partial charge in [0.15, 0.2) is 0 Å². The van der Waals surface area contributed by atoms with Gasteiger partial charge in [-0.25, -0.2) is 0 Å². The SMILES string of the molecule is CCCCC(CN)NC(=O)C(C)n1nnc(-c2ccccc2)n1. The van der Waals surface area contributed by atoms with Crippen molar-refractivity contribution in [2.45, 2.75) is 45.2 Å². The van der Waals surface area contributed by atoms with Crippen LogP contribution in [0.5, 0.6) is 0 Å². The van der Waals surface area contributed by atoms with Gasteiger partial charge in [0.05, 0.1) is 0 Å². The van der Waals surface area contributed by atoms with Crippen LogP contribution in [0.25, 0.3) is 11.4 Å². The highest BCUT2D eigenvalue weighted by Crippen LogP contribution is 2.13. The fourth-order valence-corrected chi connectivity index (χ4v) is 2.22. The number of nitrogens with two attached hydrogens (primary N) is 1. The molecule has 0 aliphatic heterocycles. The minimum Gasteiger partial charge on any atom is -0.350 e. The number of aromatic nitrogens is 4. The molecule has 2 aromatic rings. The van der Waals surface area contributed by atoms with Crippen LogP contribution in [0.15, 0.2) is 30.3 Å². The molecule has 3 N–H and O–H groups in total. The van der Waals surface area contributed by atoms with Gasteiger partial charge in [-0.05, 0) is 18.6 Å². The monoisotopic (exact) mass is 316 g/mol. The van der Waals surface area contributed by atoms with Gasteiger partial charge in [-0.1, -0.05) is 50.1 Å². The first-order valence-corrected chi connectivity index (χ1v) is 8.01. The third-order valence-electron chi connectivity index (χ3n) is 3.72. The standard InChI is InChI=1S/C16H24N6O/c1-3-4-10-14(11-17)18-16(23)12(2)22-20-15(19-21-22)13-8-6-5-7-9-13/h5-9,12,14H,3-4,10-11,17H2,1-2H3,(H,18,23). The second-order valence-electron chi connectivity index (χ2n) is 5.56. The molecule has 0 saturated heterocycles. The Morgan fingerprint density at radius 3 is 2.74 bits per heavy atom. The summed E-state index contributed by atoms with van der Waals surface area (Å²) in [4.78, 5) is 13.7. The summed E-state index contributed by atoms with van der Waals surface area (Å²) in [5.41, 5.74) is 6.59. The van der Waals surface area contributed by atoms with Crippen LogP contribution in [0, 0.1) is 0 Å². The summed E-state index contributed by atoms with van der Waals surface area (Å²) in [5.74, 6) is 0.361. The highest BCUT2D eigenvalue weighted by atomic mass is 16.2. The average molecular weight is 316 g/mol. The van der Waals surface area contributed by atoms with Crippen LogP contribution in [0.1, 0.15) is 39.2 Å². The first-order valence-electron chi connectivity index (χ1n) is 8.01. The molecule has 1 aromatic heterocycles. The Hall–Kier alpha value is -2.28. The number of hydrogen-bond acceptors (Lipinski definition) is 5. The minimum absolute atomic E-state index is 0.0120. The lowest BCUT2D eigenvalue weighted by atomic mass is 10.1. The van der Waals surface area contributed by atoms with Crippen molar-refractivity contribution in [3.8, 4) is 11.4 Å². The molecule has 7 nitrogen and oxygen atoms in total.